The van der Waals surface area contributed by atoms with E-state index in [4.69, 9.17) is 27.6 Å². The molecule has 0 saturated heterocycles. The lowest BCUT2D eigenvalue weighted by atomic mass is 10.1. The summed E-state index contributed by atoms with van der Waals surface area (Å²) in [6.45, 7) is 0. The first kappa shape index (κ1) is 20.4. The zero-order valence-electron chi connectivity index (χ0n) is 16.2. The van der Waals surface area contributed by atoms with Gasteiger partial charge in [-0.3, -0.25) is 10.5 Å². The minimum atomic E-state index is -0.438. The molecule has 7 nitrogen and oxygen atoms in total. The van der Waals surface area contributed by atoms with E-state index in [1.54, 1.807) is 42.1 Å². The number of hydrazone groups is 1. The van der Waals surface area contributed by atoms with Gasteiger partial charge in [-0.05, 0) is 30.3 Å². The van der Waals surface area contributed by atoms with Gasteiger partial charge in [0.05, 0.1) is 34.4 Å². The molecule has 0 bridgehead atoms. The predicted molar refractivity (Wildman–Crippen MR) is 129 cm³/mol. The number of hydrogen-bond acceptors (Lipinski definition) is 7. The second kappa shape index (κ2) is 8.58. The van der Waals surface area contributed by atoms with E-state index in [1.807, 2.05) is 24.3 Å². The molecule has 0 radical (unpaired) electrons. The molecule has 32 heavy (non-hydrogen) atoms. The van der Waals surface area contributed by atoms with E-state index >= 15 is 0 Å². The van der Waals surface area contributed by atoms with Crippen molar-refractivity contribution in [2.75, 3.05) is 5.43 Å². The fourth-order valence-electron chi connectivity index (χ4n) is 3.15. The summed E-state index contributed by atoms with van der Waals surface area (Å²) in [6, 6.07) is 14.3. The summed E-state index contributed by atoms with van der Waals surface area (Å²) >= 11 is 13.6. The fraction of sp³-hybridized carbons (Fsp3) is 0. The van der Waals surface area contributed by atoms with Gasteiger partial charge in [-0.15, -0.1) is 11.3 Å². The number of para-hydroxylation sites is 1. The summed E-state index contributed by atoms with van der Waals surface area (Å²) in [7, 11) is 0. The van der Waals surface area contributed by atoms with E-state index in [-0.39, 0.29) is 0 Å². The van der Waals surface area contributed by atoms with Crippen LogP contribution in [0.3, 0.4) is 0 Å². The van der Waals surface area contributed by atoms with Crippen LogP contribution in [0.2, 0.25) is 10.0 Å². The molecule has 10 heteroatoms. The van der Waals surface area contributed by atoms with E-state index in [1.165, 1.54) is 11.3 Å². The lowest BCUT2D eigenvalue weighted by molar-refractivity contribution is 0.563. The summed E-state index contributed by atoms with van der Waals surface area (Å²) in [5.41, 5.74) is 6.10. The number of nitrogens with zero attached hydrogens (tertiary/aromatic N) is 3. The van der Waals surface area contributed by atoms with E-state index < -0.39 is 5.63 Å². The number of aromatic nitrogens is 3. The first-order valence-corrected chi connectivity index (χ1v) is 11.0. The smallest absolute Gasteiger partial charge is 0.345 e. The van der Waals surface area contributed by atoms with Gasteiger partial charge < -0.3 is 4.42 Å². The van der Waals surface area contributed by atoms with Crippen LogP contribution in [-0.2, 0) is 0 Å². The predicted octanol–water partition coefficient (Wildman–Crippen LogP) is 6.06. The fourth-order valence-corrected chi connectivity index (χ4v) is 4.31. The number of aromatic amines is 1. The Balaban J connectivity index is 1.36. The van der Waals surface area contributed by atoms with Gasteiger partial charge in [0.2, 0.25) is 5.13 Å². The Bertz CT molecular complexity index is 1520. The Morgan fingerprint density at radius 3 is 2.88 bits per heavy atom. The van der Waals surface area contributed by atoms with Crippen molar-refractivity contribution in [2.45, 2.75) is 0 Å². The highest BCUT2D eigenvalue weighted by atomic mass is 35.5. The molecule has 0 aliphatic rings. The van der Waals surface area contributed by atoms with E-state index in [2.05, 4.69) is 25.7 Å². The molecule has 2 N–H and O–H groups in total. The van der Waals surface area contributed by atoms with Gasteiger partial charge in [0.25, 0.3) is 0 Å². The summed E-state index contributed by atoms with van der Waals surface area (Å²) in [5.74, 6) is 0. The zero-order valence-corrected chi connectivity index (χ0v) is 18.5. The molecule has 3 aromatic heterocycles. The van der Waals surface area contributed by atoms with E-state index in [0.29, 0.717) is 37.7 Å². The molecule has 0 amide bonds. The average molecular weight is 482 g/mol. The lowest BCUT2D eigenvalue weighted by Gasteiger charge is -2.03. The second-order valence-electron chi connectivity index (χ2n) is 6.72. The van der Waals surface area contributed by atoms with Gasteiger partial charge in [-0.25, -0.2) is 9.78 Å². The molecule has 0 fully saturated rings. The number of hydrogen-bond donors (Lipinski definition) is 2. The van der Waals surface area contributed by atoms with Crippen molar-refractivity contribution in [3.63, 3.8) is 0 Å². The van der Waals surface area contributed by atoms with Gasteiger partial charge in [0.15, 0.2) is 0 Å². The van der Waals surface area contributed by atoms with Crippen LogP contribution in [0.1, 0.15) is 5.56 Å². The Morgan fingerprint density at radius 2 is 2.00 bits per heavy atom. The normalized spacial score (nSPS) is 11.4. The third-order valence-electron chi connectivity index (χ3n) is 4.65. The van der Waals surface area contributed by atoms with Crippen molar-refractivity contribution in [1.82, 2.24) is 15.2 Å². The van der Waals surface area contributed by atoms with Crippen LogP contribution in [0.4, 0.5) is 5.13 Å². The van der Waals surface area contributed by atoms with Crippen molar-refractivity contribution in [3.8, 4) is 22.5 Å². The number of benzene rings is 2. The highest BCUT2D eigenvalue weighted by Gasteiger charge is 2.12. The van der Waals surface area contributed by atoms with Crippen LogP contribution in [0.25, 0.3) is 33.5 Å². The molecular weight excluding hydrogens is 469 g/mol. The number of rotatable bonds is 5. The van der Waals surface area contributed by atoms with Crippen LogP contribution in [0.5, 0.6) is 0 Å². The van der Waals surface area contributed by atoms with Crippen LogP contribution >= 0.6 is 34.5 Å². The monoisotopic (exact) mass is 481 g/mol. The third-order valence-corrected chi connectivity index (χ3v) is 5.95. The Labute approximate surface area is 195 Å². The summed E-state index contributed by atoms with van der Waals surface area (Å²) < 4.78 is 5.39. The Kier molecular flexibility index (Phi) is 5.48. The maximum absolute atomic E-state index is 12.4. The molecule has 0 aliphatic heterocycles. The standard InChI is InChI=1S/C22H13Cl2N5O2S/c23-14-5-6-15(17(24)8-14)20-13(9-25-28-20)10-26-29-22-27-18(11-32-22)16-7-12-3-1-2-4-19(12)31-21(16)30/h1-11H,(H,25,28)(H,27,29)/b26-10+. The summed E-state index contributed by atoms with van der Waals surface area (Å²) in [5, 5.41) is 15.4. The molecule has 0 spiro atoms. The SMILES string of the molecule is O=c1oc2ccccc2cc1-c1csc(N/N=C/c2cn[nH]c2-c2ccc(Cl)cc2Cl)n1. The summed E-state index contributed by atoms with van der Waals surface area (Å²) in [4.78, 5) is 16.8. The van der Waals surface area contributed by atoms with Crippen LogP contribution < -0.4 is 11.1 Å². The average Bonchev–Trinajstić information content (AvgIpc) is 3.43. The number of fused-ring (bicyclic) bond motifs is 1. The molecule has 0 aliphatic carbocycles. The molecule has 0 saturated carbocycles. The molecule has 3 heterocycles. The number of thiazole rings is 1. The van der Waals surface area contributed by atoms with Crippen molar-refractivity contribution in [3.05, 3.63) is 86.1 Å². The van der Waals surface area contributed by atoms with Gasteiger partial charge in [0.1, 0.15) is 5.58 Å². The topological polar surface area (TPSA) is 96.2 Å². The van der Waals surface area contributed by atoms with Gasteiger partial charge in [0, 0.05) is 26.9 Å². The van der Waals surface area contributed by atoms with Gasteiger partial charge >= 0.3 is 5.63 Å². The van der Waals surface area contributed by atoms with Gasteiger partial charge in [-0.2, -0.15) is 10.2 Å². The Hall–Kier alpha value is -3.46. The van der Waals surface area contributed by atoms with Crippen LogP contribution in [-0.4, -0.2) is 21.4 Å². The largest absolute Gasteiger partial charge is 0.422 e. The first-order chi connectivity index (χ1) is 15.6. The van der Waals surface area contributed by atoms with Crippen molar-refractivity contribution in [1.29, 1.82) is 0 Å². The van der Waals surface area contributed by atoms with Crippen LogP contribution in [0.15, 0.2) is 74.4 Å². The lowest BCUT2D eigenvalue weighted by Crippen LogP contribution is -2.02. The third kappa shape index (κ3) is 4.03. The van der Waals surface area contributed by atoms with Gasteiger partial charge in [-0.1, -0.05) is 41.4 Å². The van der Waals surface area contributed by atoms with Crippen molar-refractivity contribution in [2.24, 2.45) is 5.10 Å². The number of H-pyrrole nitrogens is 1. The first-order valence-electron chi connectivity index (χ1n) is 9.35. The molecule has 5 aromatic rings. The number of halogens is 2. The van der Waals surface area contributed by atoms with E-state index in [9.17, 15) is 4.79 Å². The minimum absolute atomic E-state index is 0.395. The van der Waals surface area contributed by atoms with Crippen molar-refractivity contribution < 1.29 is 4.42 Å². The Morgan fingerprint density at radius 1 is 1.12 bits per heavy atom. The number of anilines is 1. The molecule has 158 valence electrons. The molecule has 0 atom stereocenters. The number of nitrogens with one attached hydrogen (secondary N) is 2. The molecule has 5 rings (SSSR count). The summed E-state index contributed by atoms with van der Waals surface area (Å²) in [6.07, 6.45) is 3.24. The highest BCUT2D eigenvalue weighted by molar-refractivity contribution is 7.14. The maximum Gasteiger partial charge on any atom is 0.345 e. The second-order valence-corrected chi connectivity index (χ2v) is 8.42. The quantitative estimate of drug-likeness (QED) is 0.180. The molecular formula is C22H13Cl2N5O2S. The minimum Gasteiger partial charge on any atom is -0.422 e. The van der Waals surface area contributed by atoms with E-state index in [0.717, 1.165) is 16.5 Å². The van der Waals surface area contributed by atoms with Crippen LogP contribution in [0, 0.1) is 0 Å². The maximum atomic E-state index is 12.4. The zero-order chi connectivity index (χ0) is 22.1. The highest BCUT2D eigenvalue weighted by Crippen LogP contribution is 2.30. The molecule has 0 unspecified atom stereocenters. The molecule has 2 aromatic carbocycles. The van der Waals surface area contributed by atoms with Crippen molar-refractivity contribution >= 4 is 56.9 Å².